The van der Waals surface area contributed by atoms with Crippen LogP contribution in [0.25, 0.3) is 0 Å². The lowest BCUT2D eigenvalue weighted by molar-refractivity contribution is 0.410. The van der Waals surface area contributed by atoms with Gasteiger partial charge in [0.2, 0.25) is 0 Å². The van der Waals surface area contributed by atoms with Crippen molar-refractivity contribution in [1.82, 2.24) is 4.90 Å². The third-order valence-electron chi connectivity index (χ3n) is 5.70. The number of allylic oxidation sites excluding steroid dienone is 3. The van der Waals surface area contributed by atoms with Crippen LogP contribution in [0.2, 0.25) is 0 Å². The van der Waals surface area contributed by atoms with Gasteiger partial charge in [0.05, 0.1) is 0 Å². The molecule has 1 nitrogen and oxygen atoms in total. The summed E-state index contributed by atoms with van der Waals surface area (Å²) >= 11 is 0. The smallest absolute Gasteiger partial charge is 0.00128 e. The molecule has 0 radical (unpaired) electrons. The van der Waals surface area contributed by atoms with E-state index in [-0.39, 0.29) is 0 Å². The zero-order valence-corrected chi connectivity index (χ0v) is 16.4. The number of rotatable bonds is 9. The molecule has 0 heterocycles. The first-order valence-corrected chi connectivity index (χ1v) is 9.47. The molecule has 0 N–H and O–H groups in total. The van der Waals surface area contributed by atoms with Gasteiger partial charge in [-0.25, -0.2) is 0 Å². The Balaban J connectivity index is 3.24. The van der Waals surface area contributed by atoms with E-state index in [1.807, 2.05) is 0 Å². The first-order chi connectivity index (χ1) is 10.4. The number of hydrogen-bond donors (Lipinski definition) is 0. The van der Waals surface area contributed by atoms with Crippen molar-refractivity contribution in [3.63, 3.8) is 0 Å². The SMILES string of the molecule is CCC(C)C1=C(C(C)CC)C(C(C)CC)=C(CCN(C)C)C1. The summed E-state index contributed by atoms with van der Waals surface area (Å²) in [6.45, 7) is 15.5. The van der Waals surface area contributed by atoms with E-state index in [4.69, 9.17) is 0 Å². The van der Waals surface area contributed by atoms with Crippen LogP contribution in [0.1, 0.15) is 73.6 Å². The summed E-state index contributed by atoms with van der Waals surface area (Å²) in [5, 5.41) is 0. The molecule has 1 aliphatic rings. The zero-order chi connectivity index (χ0) is 16.9. The highest BCUT2D eigenvalue weighted by Crippen LogP contribution is 2.46. The highest BCUT2D eigenvalue weighted by atomic mass is 15.0. The van der Waals surface area contributed by atoms with Crippen molar-refractivity contribution in [3.05, 3.63) is 22.3 Å². The molecule has 0 saturated carbocycles. The molecule has 3 atom stereocenters. The van der Waals surface area contributed by atoms with Gasteiger partial charge in [-0.3, -0.25) is 0 Å². The van der Waals surface area contributed by atoms with Gasteiger partial charge in [0, 0.05) is 6.54 Å². The zero-order valence-electron chi connectivity index (χ0n) is 16.4. The van der Waals surface area contributed by atoms with Crippen molar-refractivity contribution >= 4 is 0 Å². The summed E-state index contributed by atoms with van der Waals surface area (Å²) in [5.41, 5.74) is 7.00. The molecule has 0 aliphatic heterocycles. The normalized spacial score (nSPS) is 20.0. The molecule has 1 heteroatoms. The third kappa shape index (κ3) is 4.47. The Hall–Kier alpha value is -0.560. The van der Waals surface area contributed by atoms with Crippen LogP contribution in [-0.2, 0) is 0 Å². The minimum atomic E-state index is 0.711. The predicted octanol–water partition coefficient (Wildman–Crippen LogP) is 6.07. The Morgan fingerprint density at radius 1 is 0.818 bits per heavy atom. The molecular weight excluding hydrogens is 266 g/mol. The quantitative estimate of drug-likeness (QED) is 0.499. The fourth-order valence-electron chi connectivity index (χ4n) is 3.66. The van der Waals surface area contributed by atoms with Gasteiger partial charge in [-0.1, -0.05) is 52.7 Å². The van der Waals surface area contributed by atoms with Crippen molar-refractivity contribution in [1.29, 1.82) is 0 Å². The Kier molecular flexibility index (Phi) is 7.89. The van der Waals surface area contributed by atoms with Crippen molar-refractivity contribution in [2.45, 2.75) is 73.6 Å². The molecule has 0 aromatic heterocycles. The molecular formula is C21H39N. The van der Waals surface area contributed by atoms with E-state index in [1.165, 1.54) is 38.6 Å². The maximum atomic E-state index is 2.44. The van der Waals surface area contributed by atoms with Gasteiger partial charge < -0.3 is 4.90 Å². The fraction of sp³-hybridized carbons (Fsp3) is 0.810. The minimum Gasteiger partial charge on any atom is -0.309 e. The van der Waals surface area contributed by atoms with Gasteiger partial charge in [-0.2, -0.15) is 0 Å². The lowest BCUT2D eigenvalue weighted by Crippen LogP contribution is -2.14. The first-order valence-electron chi connectivity index (χ1n) is 9.47. The van der Waals surface area contributed by atoms with Crippen molar-refractivity contribution in [3.8, 4) is 0 Å². The summed E-state index contributed by atoms with van der Waals surface area (Å²) in [5.74, 6) is 2.16. The molecule has 0 fully saturated rings. The molecule has 1 rings (SSSR count). The maximum Gasteiger partial charge on any atom is 0.00128 e. The molecule has 0 amide bonds. The van der Waals surface area contributed by atoms with Gasteiger partial charge in [0.1, 0.15) is 0 Å². The van der Waals surface area contributed by atoms with Crippen LogP contribution in [-0.4, -0.2) is 25.5 Å². The van der Waals surface area contributed by atoms with Crippen LogP contribution in [0.15, 0.2) is 22.3 Å². The average molecular weight is 306 g/mol. The van der Waals surface area contributed by atoms with E-state index in [0.29, 0.717) is 11.8 Å². The Morgan fingerprint density at radius 3 is 1.77 bits per heavy atom. The Morgan fingerprint density at radius 2 is 1.32 bits per heavy atom. The Bertz CT molecular complexity index is 414. The number of nitrogens with zero attached hydrogens (tertiary/aromatic N) is 1. The minimum absolute atomic E-state index is 0.711. The van der Waals surface area contributed by atoms with Crippen LogP contribution in [0.3, 0.4) is 0 Å². The van der Waals surface area contributed by atoms with E-state index in [0.717, 1.165) is 5.92 Å². The van der Waals surface area contributed by atoms with Crippen LogP contribution in [0.4, 0.5) is 0 Å². The monoisotopic (exact) mass is 305 g/mol. The molecule has 0 saturated heterocycles. The van der Waals surface area contributed by atoms with Gasteiger partial charge in [-0.05, 0) is 75.1 Å². The highest BCUT2D eigenvalue weighted by Gasteiger charge is 2.31. The predicted molar refractivity (Wildman–Crippen MR) is 100 cm³/mol. The molecule has 128 valence electrons. The Labute approximate surface area is 139 Å². The van der Waals surface area contributed by atoms with E-state index < -0.39 is 0 Å². The van der Waals surface area contributed by atoms with Gasteiger partial charge in [0.25, 0.3) is 0 Å². The van der Waals surface area contributed by atoms with Crippen molar-refractivity contribution < 1.29 is 0 Å². The van der Waals surface area contributed by atoms with E-state index in [1.54, 1.807) is 22.3 Å². The van der Waals surface area contributed by atoms with E-state index in [2.05, 4.69) is 60.5 Å². The topological polar surface area (TPSA) is 3.24 Å². The van der Waals surface area contributed by atoms with Crippen LogP contribution in [0, 0.1) is 17.8 Å². The molecule has 0 aromatic carbocycles. The summed E-state index contributed by atoms with van der Waals surface area (Å²) in [4.78, 5) is 2.32. The van der Waals surface area contributed by atoms with E-state index >= 15 is 0 Å². The molecule has 0 spiro atoms. The molecule has 22 heavy (non-hydrogen) atoms. The van der Waals surface area contributed by atoms with Gasteiger partial charge in [-0.15, -0.1) is 0 Å². The van der Waals surface area contributed by atoms with Crippen molar-refractivity contribution in [2.24, 2.45) is 17.8 Å². The lowest BCUT2D eigenvalue weighted by Gasteiger charge is -2.24. The van der Waals surface area contributed by atoms with Crippen LogP contribution >= 0.6 is 0 Å². The molecule has 0 bridgehead atoms. The molecule has 1 aliphatic carbocycles. The largest absolute Gasteiger partial charge is 0.309 e. The summed E-state index contributed by atoms with van der Waals surface area (Å²) < 4.78 is 0. The second kappa shape index (κ2) is 8.91. The van der Waals surface area contributed by atoms with Gasteiger partial charge in [0.15, 0.2) is 0 Å². The first kappa shape index (κ1) is 19.5. The highest BCUT2D eigenvalue weighted by molar-refractivity contribution is 5.50. The van der Waals surface area contributed by atoms with Crippen LogP contribution < -0.4 is 0 Å². The summed E-state index contributed by atoms with van der Waals surface area (Å²) in [7, 11) is 4.38. The number of hydrogen-bond acceptors (Lipinski definition) is 1. The summed E-state index contributed by atoms with van der Waals surface area (Å²) in [6, 6.07) is 0. The maximum absolute atomic E-state index is 2.44. The molecule has 0 aromatic rings. The second-order valence-corrected chi connectivity index (χ2v) is 7.61. The standard InChI is InChI=1S/C21H39N/c1-9-15(4)19-14-18(12-13-22(7)8)20(16(5)10-2)21(19)17(6)11-3/h15-17H,9-14H2,1-8H3. The van der Waals surface area contributed by atoms with E-state index in [9.17, 15) is 0 Å². The third-order valence-corrected chi connectivity index (χ3v) is 5.70. The second-order valence-electron chi connectivity index (χ2n) is 7.61. The van der Waals surface area contributed by atoms with Gasteiger partial charge >= 0.3 is 0 Å². The lowest BCUT2D eigenvalue weighted by atomic mass is 9.81. The van der Waals surface area contributed by atoms with Crippen molar-refractivity contribution in [2.75, 3.05) is 20.6 Å². The fourth-order valence-corrected chi connectivity index (χ4v) is 3.66. The molecule has 3 unspecified atom stereocenters. The summed E-state index contributed by atoms with van der Waals surface area (Å²) in [6.07, 6.45) is 6.28. The van der Waals surface area contributed by atoms with Crippen LogP contribution in [0.5, 0.6) is 0 Å². The average Bonchev–Trinajstić information content (AvgIpc) is 2.89.